The molecular formula is C15H18BrN3O3. The number of nitrogens with zero attached hydrogens (tertiary/aromatic N) is 2. The quantitative estimate of drug-likeness (QED) is 0.814. The van der Waals surface area contributed by atoms with E-state index in [0.717, 1.165) is 10.2 Å². The molecule has 1 aromatic carbocycles. The number of amides is 2. The molecule has 1 N–H and O–H groups in total. The number of morpholine rings is 1. The molecule has 2 amide bonds. The number of hydrazine groups is 1. The Balaban J connectivity index is 1.62. The number of halogens is 1. The van der Waals surface area contributed by atoms with Crippen molar-refractivity contribution >= 4 is 33.4 Å². The summed E-state index contributed by atoms with van der Waals surface area (Å²) in [4.78, 5) is 26.5. The highest BCUT2D eigenvalue weighted by molar-refractivity contribution is 9.10. The van der Waals surface area contributed by atoms with E-state index in [1.54, 1.807) is 4.90 Å². The van der Waals surface area contributed by atoms with Gasteiger partial charge in [-0.3, -0.25) is 15.0 Å². The Kier molecular flexibility index (Phi) is 4.75. The van der Waals surface area contributed by atoms with Crippen LogP contribution >= 0.6 is 15.9 Å². The molecule has 0 bridgehead atoms. The van der Waals surface area contributed by atoms with Crippen LogP contribution in [0.1, 0.15) is 6.42 Å². The Morgan fingerprint density at radius 2 is 1.86 bits per heavy atom. The highest BCUT2D eigenvalue weighted by atomic mass is 79.9. The topological polar surface area (TPSA) is 61.9 Å². The third kappa shape index (κ3) is 3.31. The predicted octanol–water partition coefficient (Wildman–Crippen LogP) is 1.17. The lowest BCUT2D eigenvalue weighted by Crippen LogP contribution is -2.51. The van der Waals surface area contributed by atoms with Crippen LogP contribution in [0, 0.1) is 5.92 Å². The molecule has 6 nitrogen and oxygen atoms in total. The Labute approximate surface area is 137 Å². The molecule has 7 heteroatoms. The van der Waals surface area contributed by atoms with E-state index in [-0.39, 0.29) is 11.8 Å². The van der Waals surface area contributed by atoms with Gasteiger partial charge in [0.1, 0.15) is 5.92 Å². The minimum Gasteiger partial charge on any atom is -0.379 e. The van der Waals surface area contributed by atoms with Crippen LogP contribution in [0.25, 0.3) is 0 Å². The number of benzene rings is 1. The van der Waals surface area contributed by atoms with E-state index in [0.29, 0.717) is 39.3 Å². The molecule has 1 atom stereocenters. The molecular weight excluding hydrogens is 350 g/mol. The predicted molar refractivity (Wildman–Crippen MR) is 85.1 cm³/mol. The van der Waals surface area contributed by atoms with E-state index >= 15 is 0 Å². The average Bonchev–Trinajstić information content (AvgIpc) is 2.91. The van der Waals surface area contributed by atoms with Crippen molar-refractivity contribution in [2.45, 2.75) is 6.42 Å². The molecule has 1 aromatic rings. The number of carbonyl (C=O) groups excluding carboxylic acids is 2. The maximum absolute atomic E-state index is 12.5. The number of anilines is 1. The third-order valence-corrected chi connectivity index (χ3v) is 4.47. The first-order chi connectivity index (χ1) is 10.6. The summed E-state index contributed by atoms with van der Waals surface area (Å²) in [5, 5.41) is 1.82. The first-order valence-corrected chi connectivity index (χ1v) is 8.14. The summed E-state index contributed by atoms with van der Waals surface area (Å²) in [6, 6.07) is 7.54. The van der Waals surface area contributed by atoms with Gasteiger partial charge in [-0.2, -0.15) is 0 Å². The molecule has 118 valence electrons. The minimum atomic E-state index is -0.605. The molecule has 0 aliphatic carbocycles. The summed E-state index contributed by atoms with van der Waals surface area (Å²) in [5.41, 5.74) is 3.66. The first kappa shape index (κ1) is 15.5. The molecule has 0 radical (unpaired) electrons. The van der Waals surface area contributed by atoms with Gasteiger partial charge in [0.25, 0.3) is 0 Å². The summed E-state index contributed by atoms with van der Waals surface area (Å²) in [7, 11) is 0. The number of hydrogen-bond acceptors (Lipinski definition) is 4. The molecule has 0 aromatic heterocycles. The second-order valence-corrected chi connectivity index (χ2v) is 6.30. The minimum absolute atomic E-state index is 0.131. The molecule has 1 unspecified atom stereocenters. The van der Waals surface area contributed by atoms with Crippen molar-refractivity contribution < 1.29 is 14.3 Å². The SMILES string of the molecule is O=C(NN1CCOCC1)C1CCN(c2ccc(Br)cc2)C1=O. The summed E-state index contributed by atoms with van der Waals surface area (Å²) in [5.74, 6) is -0.953. The monoisotopic (exact) mass is 367 g/mol. The number of ether oxygens (including phenoxy) is 1. The maximum atomic E-state index is 12.5. The Morgan fingerprint density at radius 1 is 1.18 bits per heavy atom. The second-order valence-electron chi connectivity index (χ2n) is 5.38. The van der Waals surface area contributed by atoms with Gasteiger partial charge in [-0.05, 0) is 30.7 Å². The van der Waals surface area contributed by atoms with Crippen LogP contribution in [0.15, 0.2) is 28.7 Å². The van der Waals surface area contributed by atoms with Crippen molar-refractivity contribution in [1.82, 2.24) is 10.4 Å². The van der Waals surface area contributed by atoms with E-state index in [1.807, 2.05) is 29.3 Å². The van der Waals surface area contributed by atoms with Gasteiger partial charge >= 0.3 is 0 Å². The summed E-state index contributed by atoms with van der Waals surface area (Å²) >= 11 is 3.38. The molecule has 2 fully saturated rings. The van der Waals surface area contributed by atoms with E-state index in [1.165, 1.54) is 0 Å². The molecule has 2 aliphatic heterocycles. The molecule has 2 saturated heterocycles. The maximum Gasteiger partial charge on any atom is 0.246 e. The van der Waals surface area contributed by atoms with Crippen LogP contribution < -0.4 is 10.3 Å². The van der Waals surface area contributed by atoms with Crippen molar-refractivity contribution in [2.24, 2.45) is 5.92 Å². The normalized spacial score (nSPS) is 22.9. The Bertz CT molecular complexity index is 558. The average molecular weight is 368 g/mol. The highest BCUT2D eigenvalue weighted by Gasteiger charge is 2.38. The van der Waals surface area contributed by atoms with Crippen molar-refractivity contribution in [3.05, 3.63) is 28.7 Å². The van der Waals surface area contributed by atoms with Gasteiger partial charge in [0.2, 0.25) is 11.8 Å². The standard InChI is InChI=1S/C15H18BrN3O3/c16-11-1-3-12(4-2-11)19-6-5-13(15(19)21)14(20)17-18-7-9-22-10-8-18/h1-4,13H,5-10H2,(H,17,20). The van der Waals surface area contributed by atoms with Gasteiger partial charge in [0.15, 0.2) is 0 Å². The van der Waals surface area contributed by atoms with E-state index in [9.17, 15) is 9.59 Å². The fourth-order valence-electron chi connectivity index (χ4n) is 2.71. The lowest BCUT2D eigenvalue weighted by molar-refractivity contribution is -0.137. The van der Waals surface area contributed by atoms with Gasteiger partial charge < -0.3 is 9.64 Å². The van der Waals surface area contributed by atoms with Crippen LogP contribution in [0.4, 0.5) is 5.69 Å². The van der Waals surface area contributed by atoms with Gasteiger partial charge in [0, 0.05) is 29.8 Å². The zero-order valence-corrected chi connectivity index (χ0v) is 13.7. The van der Waals surface area contributed by atoms with Crippen LogP contribution in [0.5, 0.6) is 0 Å². The lowest BCUT2D eigenvalue weighted by Gasteiger charge is -2.27. The van der Waals surface area contributed by atoms with Crippen LogP contribution in [-0.4, -0.2) is 49.7 Å². The van der Waals surface area contributed by atoms with Crippen LogP contribution in [0.3, 0.4) is 0 Å². The molecule has 0 saturated carbocycles. The third-order valence-electron chi connectivity index (χ3n) is 3.94. The van der Waals surface area contributed by atoms with Crippen molar-refractivity contribution in [1.29, 1.82) is 0 Å². The fourth-order valence-corrected chi connectivity index (χ4v) is 2.97. The molecule has 2 heterocycles. The number of carbonyl (C=O) groups is 2. The molecule has 22 heavy (non-hydrogen) atoms. The van der Waals surface area contributed by atoms with Crippen LogP contribution in [-0.2, 0) is 14.3 Å². The molecule has 0 spiro atoms. The van der Waals surface area contributed by atoms with Crippen molar-refractivity contribution in [3.8, 4) is 0 Å². The second kappa shape index (κ2) is 6.76. The summed E-state index contributed by atoms with van der Waals surface area (Å²) in [6.07, 6.45) is 0.547. The first-order valence-electron chi connectivity index (χ1n) is 7.35. The Hall–Kier alpha value is -1.44. The van der Waals surface area contributed by atoms with E-state index in [4.69, 9.17) is 4.74 Å². The molecule has 3 rings (SSSR count). The van der Waals surface area contributed by atoms with Crippen molar-refractivity contribution in [2.75, 3.05) is 37.7 Å². The lowest BCUT2D eigenvalue weighted by atomic mass is 10.1. The number of rotatable bonds is 3. The molecule has 2 aliphatic rings. The highest BCUT2D eigenvalue weighted by Crippen LogP contribution is 2.26. The fraction of sp³-hybridized carbons (Fsp3) is 0.467. The zero-order valence-electron chi connectivity index (χ0n) is 12.1. The summed E-state index contributed by atoms with van der Waals surface area (Å²) < 4.78 is 6.20. The van der Waals surface area contributed by atoms with Crippen molar-refractivity contribution in [3.63, 3.8) is 0 Å². The number of hydrogen-bond donors (Lipinski definition) is 1. The van der Waals surface area contributed by atoms with Gasteiger partial charge in [-0.25, -0.2) is 5.01 Å². The Morgan fingerprint density at radius 3 is 2.55 bits per heavy atom. The van der Waals surface area contributed by atoms with Crippen LogP contribution in [0.2, 0.25) is 0 Å². The van der Waals surface area contributed by atoms with Gasteiger partial charge in [-0.1, -0.05) is 15.9 Å². The van der Waals surface area contributed by atoms with E-state index in [2.05, 4.69) is 21.4 Å². The van der Waals surface area contributed by atoms with E-state index < -0.39 is 5.92 Å². The van der Waals surface area contributed by atoms with Gasteiger partial charge in [0.05, 0.1) is 13.2 Å². The zero-order chi connectivity index (χ0) is 15.5. The number of nitrogens with one attached hydrogen (secondary N) is 1. The largest absolute Gasteiger partial charge is 0.379 e. The smallest absolute Gasteiger partial charge is 0.246 e. The summed E-state index contributed by atoms with van der Waals surface area (Å²) in [6.45, 7) is 3.08. The van der Waals surface area contributed by atoms with Gasteiger partial charge in [-0.15, -0.1) is 0 Å².